The molecule has 0 aliphatic heterocycles. The van der Waals surface area contributed by atoms with Crippen LogP contribution >= 0.6 is 11.8 Å². The number of carbonyl (C=O) groups excluding carboxylic acids is 1. The number of benzene rings is 1. The highest BCUT2D eigenvalue weighted by Crippen LogP contribution is 2.36. The summed E-state index contributed by atoms with van der Waals surface area (Å²) in [5, 5.41) is 5.07. The number of ether oxygens (including phenoxy) is 1. The number of fused-ring (bicyclic) bond motifs is 2. The van der Waals surface area contributed by atoms with Crippen LogP contribution in [0.15, 0.2) is 35.6 Å². The Bertz CT molecular complexity index is 953. The summed E-state index contributed by atoms with van der Waals surface area (Å²) in [4.78, 5) is 21.7. The molecule has 6 nitrogen and oxygen atoms in total. The van der Waals surface area contributed by atoms with E-state index in [4.69, 9.17) is 4.74 Å². The Morgan fingerprint density at radius 2 is 2.12 bits per heavy atom. The van der Waals surface area contributed by atoms with Crippen molar-refractivity contribution in [3.8, 4) is 5.75 Å². The van der Waals surface area contributed by atoms with E-state index >= 15 is 0 Å². The summed E-state index contributed by atoms with van der Waals surface area (Å²) < 4.78 is 7.07. The summed E-state index contributed by atoms with van der Waals surface area (Å²) in [5.41, 5.74) is 2.49. The van der Waals surface area contributed by atoms with Crippen LogP contribution in [0.5, 0.6) is 5.75 Å². The second-order valence-corrected chi connectivity index (χ2v) is 7.17. The van der Waals surface area contributed by atoms with Gasteiger partial charge in [0.1, 0.15) is 5.75 Å². The van der Waals surface area contributed by atoms with E-state index in [1.54, 1.807) is 29.6 Å². The Morgan fingerprint density at radius 3 is 2.92 bits per heavy atom. The number of Topliss-reactive ketones (excluding diaryl/α,β-unsaturated/α-hetero) is 1. The zero-order valence-electron chi connectivity index (χ0n) is 14.1. The standard InChI is InChI=1S/C18H18N4O2S/c1-3-25-18-20-17-19-14-8-11(12-6-4-5-7-16(12)24-2)9-15(23)13(14)10-22(17)21-18/h4-7,10-11H,3,8-9H2,1-2H3/t11-/m0/s1. The summed E-state index contributed by atoms with van der Waals surface area (Å²) in [7, 11) is 1.66. The highest BCUT2D eigenvalue weighted by molar-refractivity contribution is 7.99. The molecule has 1 atom stereocenters. The van der Waals surface area contributed by atoms with Crippen molar-refractivity contribution in [2.75, 3.05) is 12.9 Å². The third-order valence-corrected chi connectivity index (χ3v) is 5.14. The molecule has 0 unspecified atom stereocenters. The quantitative estimate of drug-likeness (QED) is 0.670. The molecule has 25 heavy (non-hydrogen) atoms. The van der Waals surface area contributed by atoms with Crippen molar-refractivity contribution in [2.45, 2.75) is 30.8 Å². The largest absolute Gasteiger partial charge is 0.496 e. The van der Waals surface area contributed by atoms with E-state index in [2.05, 4.69) is 22.0 Å². The molecule has 7 heteroatoms. The first-order valence-electron chi connectivity index (χ1n) is 8.24. The van der Waals surface area contributed by atoms with Gasteiger partial charge in [-0.05, 0) is 23.8 Å². The maximum atomic E-state index is 12.7. The van der Waals surface area contributed by atoms with E-state index < -0.39 is 0 Å². The first-order chi connectivity index (χ1) is 12.2. The normalized spacial score (nSPS) is 16.9. The fourth-order valence-electron chi connectivity index (χ4n) is 3.28. The van der Waals surface area contributed by atoms with Crippen LogP contribution in [0, 0.1) is 0 Å². The summed E-state index contributed by atoms with van der Waals surface area (Å²) in [6.45, 7) is 2.05. The number of methoxy groups -OCH3 is 1. The highest BCUT2D eigenvalue weighted by Gasteiger charge is 2.30. The molecule has 1 aliphatic carbocycles. The van der Waals surface area contributed by atoms with Gasteiger partial charge >= 0.3 is 0 Å². The van der Waals surface area contributed by atoms with Crippen LogP contribution in [0.25, 0.3) is 5.78 Å². The number of thioether (sulfide) groups is 1. The first kappa shape index (κ1) is 16.1. The number of para-hydroxylation sites is 1. The first-order valence-corrected chi connectivity index (χ1v) is 9.23. The Morgan fingerprint density at radius 1 is 1.28 bits per heavy atom. The Labute approximate surface area is 149 Å². The van der Waals surface area contributed by atoms with Crippen LogP contribution in [0.2, 0.25) is 0 Å². The monoisotopic (exact) mass is 354 g/mol. The second kappa shape index (κ2) is 6.48. The molecule has 0 fully saturated rings. The summed E-state index contributed by atoms with van der Waals surface area (Å²) in [6.07, 6.45) is 2.91. The Kier molecular flexibility index (Phi) is 4.17. The highest BCUT2D eigenvalue weighted by atomic mass is 32.2. The van der Waals surface area contributed by atoms with Gasteiger partial charge in [-0.25, -0.2) is 9.50 Å². The summed E-state index contributed by atoms with van der Waals surface area (Å²) >= 11 is 1.56. The number of nitrogens with zero attached hydrogens (tertiary/aromatic N) is 4. The van der Waals surface area contributed by atoms with Crippen molar-refractivity contribution in [3.63, 3.8) is 0 Å². The van der Waals surface area contributed by atoms with Crippen LogP contribution in [0.3, 0.4) is 0 Å². The maximum Gasteiger partial charge on any atom is 0.253 e. The molecule has 0 N–H and O–H groups in total. The maximum absolute atomic E-state index is 12.7. The minimum absolute atomic E-state index is 0.0681. The van der Waals surface area contributed by atoms with Crippen molar-refractivity contribution in [1.82, 2.24) is 19.6 Å². The fraction of sp³-hybridized carbons (Fsp3) is 0.333. The molecule has 3 aromatic rings. The van der Waals surface area contributed by atoms with Gasteiger partial charge in [0.15, 0.2) is 5.78 Å². The van der Waals surface area contributed by atoms with Crippen molar-refractivity contribution in [2.24, 2.45) is 0 Å². The van der Waals surface area contributed by atoms with Gasteiger partial charge in [0.25, 0.3) is 5.78 Å². The van der Waals surface area contributed by atoms with E-state index in [-0.39, 0.29) is 11.7 Å². The molecular weight excluding hydrogens is 336 g/mol. The molecule has 0 saturated heterocycles. The minimum Gasteiger partial charge on any atom is -0.496 e. The lowest BCUT2D eigenvalue weighted by Crippen LogP contribution is -2.21. The molecule has 0 bridgehead atoms. The summed E-state index contributed by atoms with van der Waals surface area (Å²) in [6, 6.07) is 7.86. The van der Waals surface area contributed by atoms with Crippen LogP contribution in [0.1, 0.15) is 40.9 Å². The lowest BCUT2D eigenvalue weighted by Gasteiger charge is -2.24. The molecule has 1 aromatic carbocycles. The van der Waals surface area contributed by atoms with Crippen molar-refractivity contribution >= 4 is 23.3 Å². The number of aromatic nitrogens is 4. The van der Waals surface area contributed by atoms with Crippen LogP contribution in [-0.2, 0) is 6.42 Å². The van der Waals surface area contributed by atoms with E-state index in [1.165, 1.54) is 0 Å². The molecule has 128 valence electrons. The second-order valence-electron chi connectivity index (χ2n) is 5.94. The van der Waals surface area contributed by atoms with Gasteiger partial charge in [-0.1, -0.05) is 36.9 Å². The van der Waals surface area contributed by atoms with E-state index in [1.807, 2.05) is 24.3 Å². The number of hydrogen-bond donors (Lipinski definition) is 0. The molecule has 4 rings (SSSR count). The molecule has 2 heterocycles. The van der Waals surface area contributed by atoms with Crippen molar-refractivity contribution in [3.05, 3.63) is 47.3 Å². The van der Waals surface area contributed by atoms with Gasteiger partial charge in [-0.2, -0.15) is 4.98 Å². The van der Waals surface area contributed by atoms with Crippen molar-refractivity contribution in [1.29, 1.82) is 0 Å². The third kappa shape index (κ3) is 2.89. The van der Waals surface area contributed by atoms with Gasteiger partial charge in [-0.3, -0.25) is 4.79 Å². The number of carbonyl (C=O) groups is 1. The SMILES string of the molecule is CCSc1nc2nc3c(cn2n1)C(=O)C[C@@H](c1ccccc1OC)C3. The van der Waals surface area contributed by atoms with Gasteiger partial charge in [0.2, 0.25) is 5.16 Å². The minimum atomic E-state index is 0.0681. The molecule has 2 aromatic heterocycles. The molecular formula is C18H18N4O2S. The molecule has 0 amide bonds. The van der Waals surface area contributed by atoms with Crippen LogP contribution < -0.4 is 4.74 Å². The van der Waals surface area contributed by atoms with Gasteiger partial charge in [-0.15, -0.1) is 5.10 Å². The van der Waals surface area contributed by atoms with E-state index in [0.29, 0.717) is 29.3 Å². The number of rotatable bonds is 4. The zero-order valence-corrected chi connectivity index (χ0v) is 14.9. The fourth-order valence-corrected chi connectivity index (χ4v) is 3.83. The topological polar surface area (TPSA) is 69.4 Å². The lowest BCUT2D eigenvalue weighted by molar-refractivity contribution is 0.0962. The molecule has 0 saturated carbocycles. The Balaban J connectivity index is 1.74. The number of ketones is 1. The third-order valence-electron chi connectivity index (χ3n) is 4.42. The van der Waals surface area contributed by atoms with Gasteiger partial charge in [0.05, 0.1) is 18.4 Å². The van der Waals surface area contributed by atoms with Crippen LogP contribution in [0.4, 0.5) is 0 Å². The average Bonchev–Trinajstić information content (AvgIpc) is 3.01. The van der Waals surface area contributed by atoms with Crippen LogP contribution in [-0.4, -0.2) is 38.2 Å². The molecule has 0 spiro atoms. The van der Waals surface area contributed by atoms with E-state index in [9.17, 15) is 4.79 Å². The predicted octanol–water partition coefficient (Wildman–Crippen LogP) is 3.16. The zero-order chi connectivity index (χ0) is 17.4. The molecule has 0 radical (unpaired) electrons. The number of hydrogen-bond acceptors (Lipinski definition) is 6. The van der Waals surface area contributed by atoms with Gasteiger partial charge in [0, 0.05) is 18.5 Å². The van der Waals surface area contributed by atoms with E-state index in [0.717, 1.165) is 22.8 Å². The lowest BCUT2D eigenvalue weighted by atomic mass is 9.82. The Hall–Kier alpha value is -2.41. The van der Waals surface area contributed by atoms with Gasteiger partial charge < -0.3 is 4.74 Å². The smallest absolute Gasteiger partial charge is 0.253 e. The molecule has 1 aliphatic rings. The van der Waals surface area contributed by atoms with Crippen molar-refractivity contribution < 1.29 is 9.53 Å². The predicted molar refractivity (Wildman–Crippen MR) is 95.6 cm³/mol. The summed E-state index contributed by atoms with van der Waals surface area (Å²) in [5.74, 6) is 2.41. The average molecular weight is 354 g/mol.